The van der Waals surface area contributed by atoms with E-state index in [9.17, 15) is 9.59 Å². The molecule has 0 aliphatic carbocycles. The van der Waals surface area contributed by atoms with E-state index in [2.05, 4.69) is 26.1 Å². The molecule has 1 atom stereocenters. The summed E-state index contributed by atoms with van der Waals surface area (Å²) < 4.78 is 5.92. The number of benzene rings is 2. The molecule has 27 heavy (non-hydrogen) atoms. The Kier molecular flexibility index (Phi) is 5.11. The van der Waals surface area contributed by atoms with Crippen LogP contribution in [0.1, 0.15) is 33.3 Å². The predicted octanol–water partition coefficient (Wildman–Crippen LogP) is 5.32. The Morgan fingerprint density at radius 1 is 1.07 bits per heavy atom. The number of carbonyl (C=O) groups excluding carboxylic acids is 1. The van der Waals surface area contributed by atoms with E-state index >= 15 is 0 Å². The highest BCUT2D eigenvalue weighted by Crippen LogP contribution is 2.27. The van der Waals surface area contributed by atoms with E-state index in [1.165, 1.54) is 11.6 Å². The third kappa shape index (κ3) is 4.22. The van der Waals surface area contributed by atoms with Crippen molar-refractivity contribution in [1.29, 1.82) is 0 Å². The smallest absolute Gasteiger partial charge is 0.242 e. The van der Waals surface area contributed by atoms with Crippen LogP contribution in [-0.2, 0) is 10.2 Å². The fraction of sp³-hybridized carbons (Fsp3) is 0.273. The first-order valence-electron chi connectivity index (χ1n) is 8.79. The van der Waals surface area contributed by atoms with Crippen LogP contribution >= 0.6 is 11.6 Å². The summed E-state index contributed by atoms with van der Waals surface area (Å²) in [5, 5.41) is 2.43. The third-order valence-electron chi connectivity index (χ3n) is 4.39. The van der Waals surface area contributed by atoms with Gasteiger partial charge in [-0.3, -0.25) is 9.59 Å². The minimum absolute atomic E-state index is 0.0596. The number of rotatable bonds is 3. The number of alkyl halides is 1. The van der Waals surface area contributed by atoms with Crippen molar-refractivity contribution in [2.75, 3.05) is 5.32 Å². The van der Waals surface area contributed by atoms with Gasteiger partial charge in [0.2, 0.25) is 5.91 Å². The summed E-state index contributed by atoms with van der Waals surface area (Å²) in [5.74, 6) is 0.190. The van der Waals surface area contributed by atoms with Gasteiger partial charge in [0.15, 0.2) is 5.43 Å². The lowest BCUT2D eigenvalue weighted by atomic mass is 9.86. The van der Waals surface area contributed by atoms with Crippen LogP contribution in [0.5, 0.6) is 0 Å². The van der Waals surface area contributed by atoms with Crippen LogP contribution in [0.3, 0.4) is 0 Å². The average molecular weight is 384 g/mol. The molecule has 1 N–H and O–H groups in total. The van der Waals surface area contributed by atoms with Gasteiger partial charge in [0.05, 0.1) is 5.39 Å². The van der Waals surface area contributed by atoms with E-state index in [-0.39, 0.29) is 16.8 Å². The minimum Gasteiger partial charge on any atom is -0.456 e. The second-order valence-corrected chi connectivity index (χ2v) is 8.27. The van der Waals surface area contributed by atoms with Gasteiger partial charge in [0.1, 0.15) is 16.7 Å². The van der Waals surface area contributed by atoms with Crippen LogP contribution in [0.15, 0.2) is 57.7 Å². The molecule has 0 saturated heterocycles. The Morgan fingerprint density at radius 2 is 1.74 bits per heavy atom. The molecule has 0 fully saturated rings. The maximum atomic E-state index is 12.6. The van der Waals surface area contributed by atoms with E-state index in [0.717, 1.165) is 5.56 Å². The van der Waals surface area contributed by atoms with Gasteiger partial charge in [0.25, 0.3) is 0 Å². The predicted molar refractivity (Wildman–Crippen MR) is 111 cm³/mol. The van der Waals surface area contributed by atoms with Crippen LogP contribution in [0.25, 0.3) is 22.3 Å². The number of halogens is 1. The number of anilines is 1. The number of carbonyl (C=O) groups is 1. The Balaban J connectivity index is 1.98. The zero-order valence-corrected chi connectivity index (χ0v) is 16.6. The summed E-state index contributed by atoms with van der Waals surface area (Å²) in [6, 6.07) is 14.5. The van der Waals surface area contributed by atoms with E-state index in [1.807, 2.05) is 24.3 Å². The van der Waals surface area contributed by atoms with Gasteiger partial charge in [-0.15, -0.1) is 11.6 Å². The first-order valence-corrected chi connectivity index (χ1v) is 9.22. The third-order valence-corrected chi connectivity index (χ3v) is 4.59. The summed E-state index contributed by atoms with van der Waals surface area (Å²) in [5.41, 5.74) is 2.92. The molecule has 0 radical (unpaired) electrons. The van der Waals surface area contributed by atoms with E-state index < -0.39 is 5.38 Å². The van der Waals surface area contributed by atoms with Crippen molar-refractivity contribution in [2.45, 2.75) is 38.5 Å². The van der Waals surface area contributed by atoms with Gasteiger partial charge in [-0.2, -0.15) is 0 Å². The molecule has 1 unspecified atom stereocenters. The van der Waals surface area contributed by atoms with Crippen LogP contribution < -0.4 is 10.7 Å². The van der Waals surface area contributed by atoms with Crippen molar-refractivity contribution in [3.63, 3.8) is 0 Å². The molecule has 0 spiro atoms. The van der Waals surface area contributed by atoms with Crippen LogP contribution in [0.4, 0.5) is 5.69 Å². The molecule has 0 saturated carbocycles. The maximum absolute atomic E-state index is 12.6. The number of fused-ring (bicyclic) bond motifs is 1. The Morgan fingerprint density at radius 3 is 2.33 bits per heavy atom. The number of hydrogen-bond donors (Lipinski definition) is 1. The largest absolute Gasteiger partial charge is 0.456 e. The lowest BCUT2D eigenvalue weighted by Gasteiger charge is -2.19. The van der Waals surface area contributed by atoms with Crippen molar-refractivity contribution in [2.24, 2.45) is 0 Å². The average Bonchev–Trinajstić information content (AvgIpc) is 2.61. The molecule has 3 aromatic rings. The van der Waals surface area contributed by atoms with Crippen molar-refractivity contribution < 1.29 is 9.21 Å². The topological polar surface area (TPSA) is 59.3 Å². The molecule has 4 nitrogen and oxygen atoms in total. The van der Waals surface area contributed by atoms with Gasteiger partial charge in [0, 0.05) is 17.3 Å². The highest BCUT2D eigenvalue weighted by atomic mass is 35.5. The van der Waals surface area contributed by atoms with Crippen LogP contribution in [0.2, 0.25) is 0 Å². The summed E-state index contributed by atoms with van der Waals surface area (Å²) >= 11 is 5.76. The van der Waals surface area contributed by atoms with E-state index in [0.29, 0.717) is 22.4 Å². The second kappa shape index (κ2) is 7.20. The molecule has 0 aliphatic heterocycles. The molecular weight excluding hydrogens is 362 g/mol. The van der Waals surface area contributed by atoms with Crippen molar-refractivity contribution >= 4 is 34.2 Å². The molecule has 5 heteroatoms. The summed E-state index contributed by atoms with van der Waals surface area (Å²) in [4.78, 5) is 24.3. The number of hydrogen-bond acceptors (Lipinski definition) is 3. The molecule has 0 aliphatic rings. The molecule has 1 amide bonds. The normalized spacial score (nSPS) is 12.8. The van der Waals surface area contributed by atoms with E-state index in [4.69, 9.17) is 16.0 Å². The summed E-state index contributed by atoms with van der Waals surface area (Å²) in [7, 11) is 0. The molecule has 1 aromatic heterocycles. The molecule has 2 aromatic carbocycles. The number of amides is 1. The maximum Gasteiger partial charge on any atom is 0.242 e. The summed E-state index contributed by atoms with van der Waals surface area (Å²) in [6.45, 7) is 8.04. The Bertz CT molecular complexity index is 1040. The highest BCUT2D eigenvalue weighted by Gasteiger charge is 2.15. The molecule has 3 rings (SSSR count). The first-order chi connectivity index (χ1) is 12.6. The minimum atomic E-state index is -0.657. The molecule has 0 bridgehead atoms. The zero-order chi connectivity index (χ0) is 19.8. The molecule has 140 valence electrons. The molecular formula is C22H22ClNO3. The van der Waals surface area contributed by atoms with Gasteiger partial charge in [-0.05, 0) is 36.1 Å². The van der Waals surface area contributed by atoms with Crippen molar-refractivity contribution in [1.82, 2.24) is 0 Å². The van der Waals surface area contributed by atoms with Crippen molar-refractivity contribution in [3.8, 4) is 11.3 Å². The van der Waals surface area contributed by atoms with Crippen LogP contribution in [0, 0.1) is 0 Å². The van der Waals surface area contributed by atoms with Gasteiger partial charge >= 0.3 is 0 Å². The van der Waals surface area contributed by atoms with Crippen molar-refractivity contribution in [3.05, 3.63) is 64.3 Å². The Labute approximate surface area is 163 Å². The SMILES string of the molecule is CC(Cl)C(=O)Nc1ccc2oc(-c3ccc(C(C)(C)C)cc3)cc(=O)c2c1. The van der Waals surface area contributed by atoms with Crippen LogP contribution in [-0.4, -0.2) is 11.3 Å². The lowest BCUT2D eigenvalue weighted by molar-refractivity contribution is -0.115. The fourth-order valence-corrected chi connectivity index (χ4v) is 2.81. The number of nitrogens with one attached hydrogen (secondary N) is 1. The summed E-state index contributed by atoms with van der Waals surface area (Å²) in [6.07, 6.45) is 0. The van der Waals surface area contributed by atoms with E-state index in [1.54, 1.807) is 25.1 Å². The monoisotopic (exact) mass is 383 g/mol. The van der Waals surface area contributed by atoms with Gasteiger partial charge < -0.3 is 9.73 Å². The highest BCUT2D eigenvalue weighted by molar-refractivity contribution is 6.32. The lowest BCUT2D eigenvalue weighted by Crippen LogP contribution is -2.20. The first kappa shape index (κ1) is 19.2. The molecule has 1 heterocycles. The quantitative estimate of drug-likeness (QED) is 0.622. The second-order valence-electron chi connectivity index (χ2n) is 7.62. The Hall–Kier alpha value is -2.59. The van der Waals surface area contributed by atoms with Gasteiger partial charge in [-0.1, -0.05) is 45.0 Å². The van der Waals surface area contributed by atoms with Gasteiger partial charge in [-0.25, -0.2) is 0 Å². The fourth-order valence-electron chi connectivity index (χ4n) is 2.75. The standard InChI is InChI=1S/C22H22ClNO3/c1-13(23)21(26)24-16-9-10-19-17(11-16)18(25)12-20(27-19)14-5-7-15(8-6-14)22(2,3)4/h5-13H,1-4H3,(H,24,26). The zero-order valence-electron chi connectivity index (χ0n) is 15.8.